The van der Waals surface area contributed by atoms with Gasteiger partial charge in [0.2, 0.25) is 15.8 Å². The van der Waals surface area contributed by atoms with Gasteiger partial charge in [-0.25, -0.2) is 23.1 Å². The summed E-state index contributed by atoms with van der Waals surface area (Å²) in [6, 6.07) is 3.21. The molecule has 30 heavy (non-hydrogen) atoms. The number of nitrogens with zero attached hydrogens (tertiary/aromatic N) is 2. The highest BCUT2D eigenvalue weighted by atomic mass is 35.5. The van der Waals surface area contributed by atoms with E-state index in [1.165, 1.54) is 13.1 Å². The monoisotopic (exact) mass is 458 g/mol. The average Bonchev–Trinajstić information content (AvgIpc) is 2.67. The van der Waals surface area contributed by atoms with Gasteiger partial charge in [0.1, 0.15) is 16.3 Å². The fourth-order valence-electron chi connectivity index (χ4n) is 2.62. The lowest BCUT2D eigenvalue weighted by atomic mass is 10.2. The molecule has 0 unspecified atom stereocenters. The molecule has 0 aliphatic heterocycles. The maximum atomic E-state index is 12.5. The first kappa shape index (κ1) is 23.3. The second-order valence-corrected chi connectivity index (χ2v) is 8.19. The summed E-state index contributed by atoms with van der Waals surface area (Å²) in [4.78, 5) is 48.7. The summed E-state index contributed by atoms with van der Waals surface area (Å²) < 4.78 is 29.7. The lowest BCUT2D eigenvalue weighted by molar-refractivity contribution is 0.0474. The number of benzene rings is 1. The zero-order chi connectivity index (χ0) is 22.8. The molecule has 2 aromatic rings. The molecule has 0 bridgehead atoms. The number of aromatic nitrogens is 2. The number of ketones is 1. The second-order valence-electron chi connectivity index (χ2n) is 6.25. The van der Waals surface area contributed by atoms with Gasteiger partial charge in [-0.15, -0.1) is 0 Å². The number of hydrogen-bond acceptors (Lipinski definition) is 8. The summed E-state index contributed by atoms with van der Waals surface area (Å²) >= 11 is 5.75. The Hall–Kier alpha value is -2.96. The summed E-state index contributed by atoms with van der Waals surface area (Å²) in [6.07, 6.45) is 0.522. The Bertz CT molecular complexity index is 1250. The number of nitrogen functional groups attached to an aromatic ring is 1. The quantitative estimate of drug-likeness (QED) is 0.426. The minimum Gasteiger partial charge on any atom is -0.454 e. The smallest absolute Gasteiger partial charge is 0.338 e. The van der Waals surface area contributed by atoms with Gasteiger partial charge in [0.05, 0.1) is 10.6 Å². The number of sulfonamides is 1. The maximum absolute atomic E-state index is 12.5. The van der Waals surface area contributed by atoms with Crippen molar-refractivity contribution in [1.82, 2.24) is 9.13 Å². The molecule has 1 aromatic carbocycles. The number of Topliss-reactive ketones (excluding diaryl/α,β-unsaturated/α-hetero) is 1. The summed E-state index contributed by atoms with van der Waals surface area (Å²) in [5.41, 5.74) is 3.52. The normalized spacial score (nSPS) is 11.3. The molecule has 2 rings (SSSR count). The molecule has 0 spiro atoms. The third-order valence-corrected chi connectivity index (χ3v) is 5.51. The first-order valence-electron chi connectivity index (χ1n) is 8.52. The number of rotatable bonds is 7. The Morgan fingerprint density at radius 1 is 1.23 bits per heavy atom. The van der Waals surface area contributed by atoms with Crippen LogP contribution >= 0.6 is 11.6 Å². The van der Waals surface area contributed by atoms with Crippen molar-refractivity contribution in [3.8, 4) is 0 Å². The van der Waals surface area contributed by atoms with Gasteiger partial charge in [0, 0.05) is 13.6 Å². The molecular formula is C17H19ClN4O7S. The number of carbonyl (C=O) groups is 2. The molecule has 13 heteroatoms. The van der Waals surface area contributed by atoms with Crippen molar-refractivity contribution in [2.75, 3.05) is 12.3 Å². The molecule has 0 radical (unpaired) electrons. The molecule has 0 amide bonds. The number of ether oxygens (including phenoxy) is 1. The van der Waals surface area contributed by atoms with Crippen LogP contribution in [0.2, 0.25) is 5.02 Å². The van der Waals surface area contributed by atoms with E-state index in [4.69, 9.17) is 27.2 Å². The van der Waals surface area contributed by atoms with Crippen LogP contribution in [-0.4, -0.2) is 35.9 Å². The van der Waals surface area contributed by atoms with Crippen LogP contribution in [0.5, 0.6) is 0 Å². The Morgan fingerprint density at radius 2 is 1.87 bits per heavy atom. The van der Waals surface area contributed by atoms with Crippen LogP contribution in [-0.2, 0) is 28.4 Å². The predicted molar refractivity (Wildman–Crippen MR) is 108 cm³/mol. The summed E-state index contributed by atoms with van der Waals surface area (Å²) in [6.45, 7) is 1.10. The number of anilines is 1. The molecule has 1 aromatic heterocycles. The van der Waals surface area contributed by atoms with E-state index in [0.29, 0.717) is 6.42 Å². The number of halogens is 1. The first-order chi connectivity index (χ1) is 13.9. The van der Waals surface area contributed by atoms with Gasteiger partial charge >= 0.3 is 11.7 Å². The highest BCUT2D eigenvalue weighted by Crippen LogP contribution is 2.22. The molecule has 4 N–H and O–H groups in total. The van der Waals surface area contributed by atoms with Crippen LogP contribution in [0.25, 0.3) is 0 Å². The Balaban J connectivity index is 2.32. The van der Waals surface area contributed by atoms with Crippen molar-refractivity contribution >= 4 is 39.2 Å². The molecule has 0 atom stereocenters. The van der Waals surface area contributed by atoms with E-state index < -0.39 is 50.1 Å². The minimum absolute atomic E-state index is 0.181. The molecule has 162 valence electrons. The van der Waals surface area contributed by atoms with E-state index >= 15 is 0 Å². The lowest BCUT2D eigenvalue weighted by Gasteiger charge is -2.14. The standard InChI is InChI=1S/C17H19ClN4O7S/c1-3-6-22-14(19)13(15(24)21(2)17(22)26)11(23)8-29-16(25)9-4-5-10(18)12(7-9)30(20,27)28/h4-5,7H,3,6,8,19H2,1-2H3,(H2,20,27,28). The van der Waals surface area contributed by atoms with Crippen LogP contribution in [0.4, 0.5) is 5.82 Å². The van der Waals surface area contributed by atoms with E-state index in [9.17, 15) is 27.6 Å². The van der Waals surface area contributed by atoms with Crippen LogP contribution in [0, 0.1) is 0 Å². The van der Waals surface area contributed by atoms with E-state index in [1.807, 2.05) is 0 Å². The molecule has 0 saturated heterocycles. The topological polar surface area (TPSA) is 174 Å². The summed E-state index contributed by atoms with van der Waals surface area (Å²) in [5.74, 6) is -2.30. The van der Waals surface area contributed by atoms with E-state index in [0.717, 1.165) is 21.3 Å². The van der Waals surface area contributed by atoms with Gasteiger partial charge in [-0.05, 0) is 24.6 Å². The Kier molecular flexibility index (Phi) is 6.85. The average molecular weight is 459 g/mol. The van der Waals surface area contributed by atoms with Crippen LogP contribution in [0.15, 0.2) is 32.7 Å². The molecule has 0 fully saturated rings. The third-order valence-electron chi connectivity index (χ3n) is 4.12. The zero-order valence-electron chi connectivity index (χ0n) is 16.0. The van der Waals surface area contributed by atoms with Crippen molar-refractivity contribution in [2.45, 2.75) is 24.8 Å². The largest absolute Gasteiger partial charge is 0.454 e. The Morgan fingerprint density at radius 3 is 2.43 bits per heavy atom. The molecule has 0 aliphatic rings. The van der Waals surface area contributed by atoms with Crippen molar-refractivity contribution in [2.24, 2.45) is 12.2 Å². The van der Waals surface area contributed by atoms with Gasteiger partial charge < -0.3 is 10.5 Å². The number of carbonyl (C=O) groups excluding carboxylic acids is 2. The number of nitrogens with two attached hydrogens (primary N) is 2. The fraction of sp³-hybridized carbons (Fsp3) is 0.294. The third kappa shape index (κ3) is 4.61. The van der Waals surface area contributed by atoms with Crippen molar-refractivity contribution < 1.29 is 22.7 Å². The van der Waals surface area contributed by atoms with E-state index in [1.54, 1.807) is 6.92 Å². The van der Waals surface area contributed by atoms with Gasteiger partial charge in [-0.2, -0.15) is 0 Å². The van der Waals surface area contributed by atoms with Gasteiger partial charge in [-0.3, -0.25) is 18.7 Å². The van der Waals surface area contributed by atoms with Crippen LogP contribution < -0.4 is 22.1 Å². The van der Waals surface area contributed by atoms with Gasteiger partial charge in [0.15, 0.2) is 6.61 Å². The highest BCUT2D eigenvalue weighted by Gasteiger charge is 2.23. The number of esters is 1. The highest BCUT2D eigenvalue weighted by molar-refractivity contribution is 7.89. The first-order valence-corrected chi connectivity index (χ1v) is 10.4. The molecule has 0 aliphatic carbocycles. The van der Waals surface area contributed by atoms with E-state index in [-0.39, 0.29) is 22.9 Å². The molecule has 11 nitrogen and oxygen atoms in total. The zero-order valence-corrected chi connectivity index (χ0v) is 17.6. The van der Waals surface area contributed by atoms with E-state index in [2.05, 4.69) is 0 Å². The van der Waals surface area contributed by atoms with Crippen LogP contribution in [0.1, 0.15) is 34.1 Å². The lowest BCUT2D eigenvalue weighted by Crippen LogP contribution is -2.43. The molecular weight excluding hydrogens is 440 g/mol. The number of primary sulfonamides is 1. The van der Waals surface area contributed by atoms with Crippen LogP contribution in [0.3, 0.4) is 0 Å². The number of hydrogen-bond donors (Lipinski definition) is 2. The minimum atomic E-state index is -4.19. The molecule has 0 saturated carbocycles. The fourth-order valence-corrected chi connectivity index (χ4v) is 3.69. The van der Waals surface area contributed by atoms with Gasteiger partial charge in [-0.1, -0.05) is 18.5 Å². The molecule has 1 heterocycles. The van der Waals surface area contributed by atoms with Crippen molar-refractivity contribution in [3.63, 3.8) is 0 Å². The van der Waals surface area contributed by atoms with Crippen molar-refractivity contribution in [3.05, 3.63) is 55.2 Å². The van der Waals surface area contributed by atoms with Crippen molar-refractivity contribution in [1.29, 1.82) is 0 Å². The Labute approximate surface area is 175 Å². The summed E-state index contributed by atoms with van der Waals surface area (Å²) in [5, 5.41) is 4.83. The SMILES string of the molecule is CCCn1c(N)c(C(=O)COC(=O)c2ccc(Cl)c(S(N)(=O)=O)c2)c(=O)n(C)c1=O. The maximum Gasteiger partial charge on any atom is 0.338 e. The summed E-state index contributed by atoms with van der Waals surface area (Å²) in [7, 11) is -3.00. The second kappa shape index (κ2) is 8.81. The predicted octanol–water partition coefficient (Wildman–Crippen LogP) is -0.120. The van der Waals surface area contributed by atoms with Gasteiger partial charge in [0.25, 0.3) is 5.56 Å².